The highest BCUT2D eigenvalue weighted by atomic mass is 35.5. The van der Waals surface area contributed by atoms with Crippen molar-refractivity contribution in [3.05, 3.63) is 69.0 Å². The third-order valence-corrected chi connectivity index (χ3v) is 5.08. The Balaban J connectivity index is 1.62. The fraction of sp³-hybridized carbons (Fsp3) is 0.263. The summed E-state index contributed by atoms with van der Waals surface area (Å²) in [6, 6.07) is 9.46. The number of hydrogen-bond acceptors (Lipinski definition) is 5. The van der Waals surface area contributed by atoms with Gasteiger partial charge in [-0.1, -0.05) is 30.2 Å². The van der Waals surface area contributed by atoms with E-state index < -0.39 is 34.6 Å². The number of nitrogens with zero attached hydrogens (tertiary/aromatic N) is 1. The molecule has 28 heavy (non-hydrogen) atoms. The van der Waals surface area contributed by atoms with Crippen molar-refractivity contribution in [3.8, 4) is 0 Å². The van der Waals surface area contributed by atoms with E-state index in [9.17, 15) is 24.1 Å². The molecule has 1 fully saturated rings. The minimum absolute atomic E-state index is 0.0550. The fourth-order valence-corrected chi connectivity index (χ4v) is 3.29. The average Bonchev–Trinajstić information content (AvgIpc) is 2.62. The molecule has 2 aromatic rings. The first-order valence-electron chi connectivity index (χ1n) is 8.49. The first kappa shape index (κ1) is 19.8. The SMILES string of the molecule is O=C(COC(=O)C1(c2ccc(F)cc2)CCC1)Nc1ccc(Cl)c([N+](=O)[O-])c1. The topological polar surface area (TPSA) is 98.5 Å². The molecule has 3 rings (SSSR count). The summed E-state index contributed by atoms with van der Waals surface area (Å²) in [6.07, 6.45) is 1.94. The molecule has 9 heteroatoms. The molecule has 7 nitrogen and oxygen atoms in total. The summed E-state index contributed by atoms with van der Waals surface area (Å²) in [5, 5.41) is 13.3. The molecule has 1 aliphatic carbocycles. The number of amides is 1. The van der Waals surface area contributed by atoms with Crippen molar-refractivity contribution in [2.75, 3.05) is 11.9 Å². The number of rotatable bonds is 6. The normalized spacial score (nSPS) is 14.6. The molecular weight excluding hydrogens is 391 g/mol. The van der Waals surface area contributed by atoms with Crippen molar-refractivity contribution in [2.45, 2.75) is 24.7 Å². The average molecular weight is 407 g/mol. The lowest BCUT2D eigenvalue weighted by Gasteiger charge is -2.39. The Morgan fingerprint density at radius 2 is 1.89 bits per heavy atom. The summed E-state index contributed by atoms with van der Waals surface area (Å²) in [7, 11) is 0. The predicted molar refractivity (Wildman–Crippen MR) is 99.6 cm³/mol. The maximum absolute atomic E-state index is 13.1. The van der Waals surface area contributed by atoms with Gasteiger partial charge in [0.1, 0.15) is 10.8 Å². The molecule has 146 valence electrons. The summed E-state index contributed by atoms with van der Waals surface area (Å²) in [5.74, 6) is -1.59. The minimum atomic E-state index is -0.868. The van der Waals surface area contributed by atoms with Crippen molar-refractivity contribution in [3.63, 3.8) is 0 Å². The van der Waals surface area contributed by atoms with Gasteiger partial charge in [0, 0.05) is 11.8 Å². The highest BCUT2D eigenvalue weighted by Crippen LogP contribution is 2.44. The molecule has 1 N–H and O–H groups in total. The van der Waals surface area contributed by atoms with Gasteiger partial charge in [0.25, 0.3) is 11.6 Å². The molecule has 0 saturated heterocycles. The summed E-state index contributed by atoms with van der Waals surface area (Å²) in [5.41, 5.74) is -0.401. The fourth-order valence-electron chi connectivity index (χ4n) is 3.11. The van der Waals surface area contributed by atoms with E-state index in [4.69, 9.17) is 16.3 Å². The highest BCUT2D eigenvalue weighted by Gasteiger charge is 2.47. The van der Waals surface area contributed by atoms with E-state index in [1.54, 1.807) is 12.1 Å². The van der Waals surface area contributed by atoms with Gasteiger partial charge in [-0.05, 0) is 42.7 Å². The minimum Gasteiger partial charge on any atom is -0.455 e. The molecule has 0 aromatic heterocycles. The third-order valence-electron chi connectivity index (χ3n) is 4.76. The smallest absolute Gasteiger partial charge is 0.317 e. The van der Waals surface area contributed by atoms with Crippen LogP contribution in [0.4, 0.5) is 15.8 Å². The van der Waals surface area contributed by atoms with Crippen LogP contribution in [-0.2, 0) is 19.7 Å². The lowest BCUT2D eigenvalue weighted by Crippen LogP contribution is -2.44. The number of carbonyl (C=O) groups is 2. The Hall–Kier alpha value is -3.00. The van der Waals surface area contributed by atoms with Gasteiger partial charge in [0.05, 0.1) is 10.3 Å². The Kier molecular flexibility index (Phi) is 5.60. The molecule has 2 aromatic carbocycles. The van der Waals surface area contributed by atoms with Crippen molar-refractivity contribution in [1.29, 1.82) is 0 Å². The largest absolute Gasteiger partial charge is 0.455 e. The number of carbonyl (C=O) groups excluding carboxylic acids is 2. The number of nitrogens with one attached hydrogen (secondary N) is 1. The van der Waals surface area contributed by atoms with Crippen molar-refractivity contribution < 1.29 is 23.6 Å². The van der Waals surface area contributed by atoms with Crippen LogP contribution >= 0.6 is 11.6 Å². The zero-order valence-electron chi connectivity index (χ0n) is 14.6. The number of ether oxygens (including phenoxy) is 1. The molecule has 0 atom stereocenters. The molecule has 1 aliphatic rings. The number of nitro groups is 1. The van der Waals surface area contributed by atoms with Crippen LogP contribution in [0.3, 0.4) is 0 Å². The van der Waals surface area contributed by atoms with E-state index in [2.05, 4.69) is 5.32 Å². The van der Waals surface area contributed by atoms with Crippen LogP contribution in [0.5, 0.6) is 0 Å². The Morgan fingerprint density at radius 1 is 1.21 bits per heavy atom. The lowest BCUT2D eigenvalue weighted by molar-refractivity contribution is -0.384. The summed E-state index contributed by atoms with van der Waals surface area (Å²) in [6.45, 7) is -0.543. The second-order valence-corrected chi connectivity index (χ2v) is 6.90. The van der Waals surface area contributed by atoms with Crippen LogP contribution in [0, 0.1) is 15.9 Å². The molecule has 0 spiro atoms. The summed E-state index contributed by atoms with van der Waals surface area (Å²) >= 11 is 5.72. The zero-order valence-corrected chi connectivity index (χ0v) is 15.4. The Labute approximate surface area is 164 Å². The number of anilines is 1. The first-order chi connectivity index (χ1) is 13.3. The number of hydrogen-bond donors (Lipinski definition) is 1. The second-order valence-electron chi connectivity index (χ2n) is 6.49. The van der Waals surface area contributed by atoms with Crippen LogP contribution in [0.25, 0.3) is 0 Å². The number of benzene rings is 2. The molecule has 0 heterocycles. The molecule has 1 amide bonds. The molecule has 0 unspecified atom stereocenters. The molecule has 1 saturated carbocycles. The van der Waals surface area contributed by atoms with Crippen LogP contribution in [0.1, 0.15) is 24.8 Å². The molecular formula is C19H16ClFN2O5. The van der Waals surface area contributed by atoms with Crippen molar-refractivity contribution >= 4 is 34.9 Å². The summed E-state index contributed by atoms with van der Waals surface area (Å²) in [4.78, 5) is 34.9. The Bertz CT molecular complexity index is 928. The van der Waals surface area contributed by atoms with Gasteiger partial charge in [0.15, 0.2) is 6.61 Å². The van der Waals surface area contributed by atoms with Crippen molar-refractivity contribution in [1.82, 2.24) is 0 Å². The molecule has 0 radical (unpaired) electrons. The predicted octanol–water partition coefficient (Wildman–Crippen LogP) is 3.99. The van der Waals surface area contributed by atoms with E-state index in [1.807, 2.05) is 0 Å². The number of halogens is 2. The van der Waals surface area contributed by atoms with Crippen molar-refractivity contribution in [2.24, 2.45) is 0 Å². The number of esters is 1. The Morgan fingerprint density at radius 3 is 2.46 bits per heavy atom. The quantitative estimate of drug-likeness (QED) is 0.444. The van der Waals surface area contributed by atoms with Gasteiger partial charge in [0.2, 0.25) is 0 Å². The number of nitro benzene ring substituents is 1. The van der Waals surface area contributed by atoms with Gasteiger partial charge in [-0.15, -0.1) is 0 Å². The van der Waals surface area contributed by atoms with Crippen LogP contribution in [0.2, 0.25) is 5.02 Å². The van der Waals surface area contributed by atoms with E-state index >= 15 is 0 Å². The van der Waals surface area contributed by atoms with Gasteiger partial charge in [-0.3, -0.25) is 19.7 Å². The van der Waals surface area contributed by atoms with E-state index in [-0.39, 0.29) is 16.4 Å². The van der Waals surface area contributed by atoms with Gasteiger partial charge < -0.3 is 10.1 Å². The van der Waals surface area contributed by atoms with Crippen LogP contribution in [0.15, 0.2) is 42.5 Å². The maximum atomic E-state index is 13.1. The first-order valence-corrected chi connectivity index (χ1v) is 8.87. The van der Waals surface area contributed by atoms with Crippen LogP contribution < -0.4 is 5.32 Å². The van der Waals surface area contributed by atoms with E-state index in [0.29, 0.717) is 18.4 Å². The second kappa shape index (κ2) is 7.93. The van der Waals surface area contributed by atoms with E-state index in [1.165, 1.54) is 24.3 Å². The van der Waals surface area contributed by atoms with Gasteiger partial charge in [-0.2, -0.15) is 0 Å². The lowest BCUT2D eigenvalue weighted by atomic mass is 9.64. The van der Waals surface area contributed by atoms with Gasteiger partial charge in [-0.25, -0.2) is 4.39 Å². The molecule has 0 bridgehead atoms. The monoisotopic (exact) mass is 406 g/mol. The third kappa shape index (κ3) is 3.96. The standard InChI is InChI=1S/C19H16ClFN2O5/c20-15-7-6-14(10-16(15)23(26)27)22-17(24)11-28-18(25)19(8-1-9-19)12-2-4-13(21)5-3-12/h2-7,10H,1,8-9,11H2,(H,22,24). The summed E-state index contributed by atoms with van der Waals surface area (Å²) < 4.78 is 18.3. The maximum Gasteiger partial charge on any atom is 0.317 e. The van der Waals surface area contributed by atoms with Crippen LogP contribution in [-0.4, -0.2) is 23.4 Å². The zero-order chi connectivity index (χ0) is 20.3. The van der Waals surface area contributed by atoms with Gasteiger partial charge >= 0.3 is 5.97 Å². The van der Waals surface area contributed by atoms with E-state index in [0.717, 1.165) is 12.5 Å². The molecule has 0 aliphatic heterocycles. The highest BCUT2D eigenvalue weighted by molar-refractivity contribution is 6.32.